The Morgan fingerprint density at radius 1 is 1.35 bits per heavy atom. The van der Waals surface area contributed by atoms with Crippen molar-refractivity contribution in [2.75, 3.05) is 13.6 Å². The van der Waals surface area contributed by atoms with Crippen LogP contribution in [0.3, 0.4) is 0 Å². The monoisotopic (exact) mass is 284 g/mol. The zero-order valence-corrected chi connectivity index (χ0v) is 12.4. The van der Waals surface area contributed by atoms with E-state index in [4.69, 9.17) is 0 Å². The minimum absolute atomic E-state index is 0.0551. The normalized spacial score (nSPS) is 13.9. The summed E-state index contributed by atoms with van der Waals surface area (Å²) in [6.45, 7) is 6.36. The van der Waals surface area contributed by atoms with Crippen LogP contribution in [0.1, 0.15) is 38.8 Å². The summed E-state index contributed by atoms with van der Waals surface area (Å²) in [5.41, 5.74) is 0.192. The first-order valence-electron chi connectivity index (χ1n) is 6.80. The van der Waals surface area contributed by atoms with E-state index in [2.05, 4.69) is 5.32 Å². The van der Waals surface area contributed by atoms with Gasteiger partial charge < -0.3 is 10.2 Å². The first-order chi connectivity index (χ1) is 9.36. The van der Waals surface area contributed by atoms with E-state index in [1.165, 1.54) is 4.90 Å². The fraction of sp³-hybridized carbons (Fsp3) is 0.533. The summed E-state index contributed by atoms with van der Waals surface area (Å²) >= 11 is 0. The molecule has 0 aromatic heterocycles. The van der Waals surface area contributed by atoms with E-state index in [1.54, 1.807) is 14.0 Å². The predicted octanol–water partition coefficient (Wildman–Crippen LogP) is 2.87. The van der Waals surface area contributed by atoms with Crippen LogP contribution < -0.4 is 5.32 Å². The van der Waals surface area contributed by atoms with Gasteiger partial charge in [0, 0.05) is 25.1 Å². The molecule has 0 radical (unpaired) electrons. The van der Waals surface area contributed by atoms with Gasteiger partial charge in [-0.05, 0) is 38.6 Å². The Labute approximate surface area is 119 Å². The van der Waals surface area contributed by atoms with E-state index in [9.17, 15) is 13.6 Å². The number of nitrogens with one attached hydrogen (secondary N) is 1. The number of amides is 1. The fourth-order valence-electron chi connectivity index (χ4n) is 2.09. The number of nitrogens with zero attached hydrogens (tertiary/aromatic N) is 1. The maximum Gasteiger partial charge on any atom is 0.224 e. The van der Waals surface area contributed by atoms with Crippen molar-refractivity contribution >= 4 is 5.91 Å². The summed E-state index contributed by atoms with van der Waals surface area (Å²) in [6, 6.07) is 2.84. The fourth-order valence-corrected chi connectivity index (χ4v) is 2.09. The molecule has 5 heteroatoms. The minimum Gasteiger partial charge on any atom is -0.339 e. The van der Waals surface area contributed by atoms with Gasteiger partial charge in [-0.3, -0.25) is 4.79 Å². The standard InChI is InChI=1S/C15H22F2N2O/c1-5-18-10(2)8-15(20)19(4)11(3)13-9-12(16)6-7-14(13)17/h6-7,9-11,18H,5,8H2,1-4H3. The molecule has 0 aliphatic heterocycles. The van der Waals surface area contributed by atoms with Gasteiger partial charge in [-0.2, -0.15) is 0 Å². The zero-order valence-electron chi connectivity index (χ0n) is 12.4. The first-order valence-corrected chi connectivity index (χ1v) is 6.80. The van der Waals surface area contributed by atoms with Gasteiger partial charge in [0.05, 0.1) is 6.04 Å². The Kier molecular flexibility index (Phi) is 6.07. The Hall–Kier alpha value is -1.49. The van der Waals surface area contributed by atoms with E-state index < -0.39 is 17.7 Å². The Balaban J connectivity index is 2.77. The lowest BCUT2D eigenvalue weighted by Gasteiger charge is -2.27. The molecule has 0 aliphatic rings. The van der Waals surface area contributed by atoms with Crippen LogP contribution >= 0.6 is 0 Å². The zero-order chi connectivity index (χ0) is 15.3. The van der Waals surface area contributed by atoms with Crippen LogP contribution in [0.25, 0.3) is 0 Å². The molecule has 0 saturated heterocycles. The quantitative estimate of drug-likeness (QED) is 0.871. The van der Waals surface area contributed by atoms with Gasteiger partial charge in [-0.1, -0.05) is 6.92 Å². The third kappa shape index (κ3) is 4.27. The lowest BCUT2D eigenvalue weighted by Crippen LogP contribution is -2.36. The van der Waals surface area contributed by atoms with E-state index in [0.717, 1.165) is 24.7 Å². The average molecular weight is 284 g/mol. The lowest BCUT2D eigenvalue weighted by atomic mass is 10.1. The number of rotatable bonds is 6. The van der Waals surface area contributed by atoms with Crippen LogP contribution in [0.5, 0.6) is 0 Å². The van der Waals surface area contributed by atoms with Crippen molar-refractivity contribution in [1.29, 1.82) is 0 Å². The molecular formula is C15H22F2N2O. The van der Waals surface area contributed by atoms with Gasteiger partial charge in [0.25, 0.3) is 0 Å². The molecule has 1 amide bonds. The summed E-state index contributed by atoms with van der Waals surface area (Å²) < 4.78 is 26.9. The summed E-state index contributed by atoms with van der Waals surface area (Å²) in [5.74, 6) is -1.11. The molecule has 1 aromatic rings. The molecule has 112 valence electrons. The molecule has 1 N–H and O–H groups in total. The Morgan fingerprint density at radius 3 is 2.60 bits per heavy atom. The van der Waals surface area contributed by atoms with E-state index >= 15 is 0 Å². The molecule has 0 aliphatic carbocycles. The Morgan fingerprint density at radius 2 is 2.00 bits per heavy atom. The summed E-state index contributed by atoms with van der Waals surface area (Å²) in [4.78, 5) is 13.6. The Bertz CT molecular complexity index is 465. The molecule has 0 bridgehead atoms. The van der Waals surface area contributed by atoms with Gasteiger partial charge >= 0.3 is 0 Å². The molecule has 0 spiro atoms. The molecule has 2 unspecified atom stereocenters. The van der Waals surface area contributed by atoms with Crippen LogP contribution in [0.15, 0.2) is 18.2 Å². The van der Waals surface area contributed by atoms with E-state index in [0.29, 0.717) is 6.42 Å². The van der Waals surface area contributed by atoms with Crippen molar-refractivity contribution in [3.63, 3.8) is 0 Å². The molecule has 0 saturated carbocycles. The van der Waals surface area contributed by atoms with Gasteiger partial charge in [-0.25, -0.2) is 8.78 Å². The van der Waals surface area contributed by atoms with Gasteiger partial charge in [0.1, 0.15) is 11.6 Å². The average Bonchev–Trinajstić information content (AvgIpc) is 2.40. The highest BCUT2D eigenvalue weighted by molar-refractivity contribution is 5.77. The molecule has 3 nitrogen and oxygen atoms in total. The third-order valence-electron chi connectivity index (χ3n) is 3.42. The van der Waals surface area contributed by atoms with Crippen LogP contribution in [-0.2, 0) is 4.79 Å². The van der Waals surface area contributed by atoms with E-state index in [-0.39, 0.29) is 17.5 Å². The van der Waals surface area contributed by atoms with Crippen molar-refractivity contribution in [2.45, 2.75) is 39.3 Å². The maximum atomic E-state index is 13.7. The number of halogens is 2. The molecule has 0 fully saturated rings. The van der Waals surface area contributed by atoms with Crippen LogP contribution in [-0.4, -0.2) is 30.4 Å². The largest absolute Gasteiger partial charge is 0.339 e. The second kappa shape index (κ2) is 7.33. The van der Waals surface area contributed by atoms with Crippen LogP contribution in [0, 0.1) is 11.6 Å². The van der Waals surface area contributed by atoms with Gasteiger partial charge in [0.15, 0.2) is 0 Å². The van der Waals surface area contributed by atoms with Crippen LogP contribution in [0.2, 0.25) is 0 Å². The molecule has 1 aromatic carbocycles. The molecule has 1 rings (SSSR count). The number of carbonyl (C=O) groups excluding carboxylic acids is 1. The molecule has 2 atom stereocenters. The van der Waals surface area contributed by atoms with Crippen molar-refractivity contribution < 1.29 is 13.6 Å². The third-order valence-corrected chi connectivity index (χ3v) is 3.42. The van der Waals surface area contributed by atoms with Crippen LogP contribution in [0.4, 0.5) is 8.78 Å². The first kappa shape index (κ1) is 16.6. The predicted molar refractivity (Wildman–Crippen MR) is 75.3 cm³/mol. The molecule has 20 heavy (non-hydrogen) atoms. The number of carbonyl (C=O) groups is 1. The molecular weight excluding hydrogens is 262 g/mol. The number of hydrogen-bond acceptors (Lipinski definition) is 2. The maximum absolute atomic E-state index is 13.7. The minimum atomic E-state index is -0.507. The SMILES string of the molecule is CCNC(C)CC(=O)N(C)C(C)c1cc(F)ccc1F. The second-order valence-electron chi connectivity index (χ2n) is 5.01. The summed E-state index contributed by atoms with van der Waals surface area (Å²) in [5, 5.41) is 3.15. The highest BCUT2D eigenvalue weighted by Crippen LogP contribution is 2.23. The van der Waals surface area contributed by atoms with Crippen molar-refractivity contribution in [2.24, 2.45) is 0 Å². The van der Waals surface area contributed by atoms with Crippen molar-refractivity contribution in [3.05, 3.63) is 35.4 Å². The summed E-state index contributed by atoms with van der Waals surface area (Å²) in [6.07, 6.45) is 0.325. The van der Waals surface area contributed by atoms with Gasteiger partial charge in [-0.15, -0.1) is 0 Å². The number of benzene rings is 1. The molecule has 0 heterocycles. The lowest BCUT2D eigenvalue weighted by molar-refractivity contribution is -0.132. The van der Waals surface area contributed by atoms with E-state index in [1.807, 2.05) is 13.8 Å². The number of hydrogen-bond donors (Lipinski definition) is 1. The summed E-state index contributed by atoms with van der Waals surface area (Å²) in [7, 11) is 1.61. The topological polar surface area (TPSA) is 32.3 Å². The highest BCUT2D eigenvalue weighted by Gasteiger charge is 2.21. The van der Waals surface area contributed by atoms with Gasteiger partial charge in [0.2, 0.25) is 5.91 Å². The second-order valence-corrected chi connectivity index (χ2v) is 5.01. The highest BCUT2D eigenvalue weighted by atomic mass is 19.1. The smallest absolute Gasteiger partial charge is 0.224 e. The van der Waals surface area contributed by atoms with Crippen molar-refractivity contribution in [1.82, 2.24) is 10.2 Å². The van der Waals surface area contributed by atoms with Crippen molar-refractivity contribution in [3.8, 4) is 0 Å².